The van der Waals surface area contributed by atoms with Gasteiger partial charge in [-0.2, -0.15) is 0 Å². The Labute approximate surface area is 188 Å². The van der Waals surface area contributed by atoms with Crippen molar-refractivity contribution in [2.45, 2.75) is 26.7 Å². The topological polar surface area (TPSA) is 79.4 Å². The van der Waals surface area contributed by atoms with Crippen molar-refractivity contribution in [2.75, 3.05) is 35.2 Å². The van der Waals surface area contributed by atoms with E-state index in [0.29, 0.717) is 18.0 Å². The van der Waals surface area contributed by atoms with Crippen LogP contribution in [-0.4, -0.2) is 35.9 Å². The van der Waals surface area contributed by atoms with Crippen molar-refractivity contribution < 1.29 is 9.53 Å². The number of carbonyl (C=O) groups excluding carboxylic acids is 1. The predicted octanol–water partition coefficient (Wildman–Crippen LogP) is 5.42. The average molecular weight is 432 g/mol. The van der Waals surface area contributed by atoms with Crippen molar-refractivity contribution in [3.8, 4) is 17.0 Å². The smallest absolute Gasteiger partial charge is 0.323 e. The van der Waals surface area contributed by atoms with E-state index < -0.39 is 0 Å². The maximum Gasteiger partial charge on any atom is 0.323 e. The summed E-state index contributed by atoms with van der Waals surface area (Å²) >= 11 is 0. The largest absolute Gasteiger partial charge is 0.494 e. The molecular weight excluding hydrogens is 402 g/mol. The molecule has 166 valence electrons. The van der Waals surface area contributed by atoms with Gasteiger partial charge in [-0.1, -0.05) is 19.1 Å². The summed E-state index contributed by atoms with van der Waals surface area (Å²) in [6.45, 7) is 6.91. The van der Waals surface area contributed by atoms with Crippen molar-refractivity contribution in [3.63, 3.8) is 0 Å². The van der Waals surface area contributed by atoms with Crippen LogP contribution in [0.2, 0.25) is 0 Å². The standard InChI is InChI=1S/C25H29N5O2/c1-3-32-22-10-8-21(9-11-22)27-25(31)26-20-6-4-19(5-7-20)23-12-13-24(29-28-23)30-16-14-18(2)15-17-30/h4-13,18H,3,14-17H2,1-2H3,(H2,26,27,31). The van der Waals surface area contributed by atoms with Crippen LogP contribution in [-0.2, 0) is 0 Å². The van der Waals surface area contributed by atoms with Gasteiger partial charge in [0.1, 0.15) is 5.75 Å². The van der Waals surface area contributed by atoms with Crippen LogP contribution in [0.25, 0.3) is 11.3 Å². The third kappa shape index (κ3) is 5.55. The quantitative estimate of drug-likeness (QED) is 0.545. The van der Waals surface area contributed by atoms with Crippen LogP contribution in [0.4, 0.5) is 22.0 Å². The summed E-state index contributed by atoms with van der Waals surface area (Å²) in [6, 6.07) is 18.6. The van der Waals surface area contributed by atoms with Crippen molar-refractivity contribution in [1.82, 2.24) is 10.2 Å². The second-order valence-electron chi connectivity index (χ2n) is 8.06. The molecule has 0 atom stereocenters. The minimum Gasteiger partial charge on any atom is -0.494 e. The molecule has 1 saturated heterocycles. The van der Waals surface area contributed by atoms with E-state index in [0.717, 1.165) is 41.8 Å². The monoisotopic (exact) mass is 431 g/mol. The van der Waals surface area contributed by atoms with Gasteiger partial charge in [0.25, 0.3) is 0 Å². The summed E-state index contributed by atoms with van der Waals surface area (Å²) in [6.07, 6.45) is 2.40. The summed E-state index contributed by atoms with van der Waals surface area (Å²) in [5, 5.41) is 14.5. The van der Waals surface area contributed by atoms with E-state index in [-0.39, 0.29) is 6.03 Å². The molecule has 2 heterocycles. The number of ether oxygens (including phenoxy) is 1. The fourth-order valence-corrected chi connectivity index (χ4v) is 3.70. The maximum atomic E-state index is 12.3. The van der Waals surface area contributed by atoms with Crippen LogP contribution in [0.15, 0.2) is 60.7 Å². The number of hydrogen-bond acceptors (Lipinski definition) is 5. The zero-order valence-electron chi connectivity index (χ0n) is 18.5. The molecule has 0 spiro atoms. The highest BCUT2D eigenvalue weighted by molar-refractivity contribution is 5.99. The van der Waals surface area contributed by atoms with E-state index in [1.807, 2.05) is 55.5 Å². The first-order valence-electron chi connectivity index (χ1n) is 11.1. The molecule has 1 aliphatic rings. The first kappa shape index (κ1) is 21.6. The molecule has 2 aromatic carbocycles. The minimum atomic E-state index is -0.304. The number of anilines is 3. The molecule has 2 amide bonds. The number of amides is 2. The molecule has 1 aromatic heterocycles. The highest BCUT2D eigenvalue weighted by Crippen LogP contribution is 2.24. The van der Waals surface area contributed by atoms with E-state index in [1.54, 1.807) is 12.1 Å². The third-order valence-electron chi connectivity index (χ3n) is 5.62. The lowest BCUT2D eigenvalue weighted by Crippen LogP contribution is -2.33. The summed E-state index contributed by atoms with van der Waals surface area (Å²) in [7, 11) is 0. The van der Waals surface area contributed by atoms with Crippen molar-refractivity contribution >= 4 is 23.2 Å². The second kappa shape index (κ2) is 10.1. The molecular formula is C25H29N5O2. The zero-order valence-corrected chi connectivity index (χ0v) is 18.5. The molecule has 7 heteroatoms. The molecule has 0 aliphatic carbocycles. The average Bonchev–Trinajstić information content (AvgIpc) is 2.82. The van der Waals surface area contributed by atoms with Gasteiger partial charge in [0.2, 0.25) is 0 Å². The van der Waals surface area contributed by atoms with Crippen LogP contribution in [0.5, 0.6) is 5.75 Å². The first-order valence-corrected chi connectivity index (χ1v) is 11.1. The van der Waals surface area contributed by atoms with Gasteiger partial charge in [0.05, 0.1) is 12.3 Å². The number of rotatable bonds is 6. The van der Waals surface area contributed by atoms with Gasteiger partial charge in [-0.15, -0.1) is 10.2 Å². The Bertz CT molecular complexity index is 1010. The number of hydrogen-bond donors (Lipinski definition) is 2. The molecule has 0 radical (unpaired) electrons. The van der Waals surface area contributed by atoms with Crippen LogP contribution in [0, 0.1) is 5.92 Å². The van der Waals surface area contributed by atoms with Crippen LogP contribution >= 0.6 is 0 Å². The Morgan fingerprint density at radius 2 is 1.56 bits per heavy atom. The number of piperidine rings is 1. The van der Waals surface area contributed by atoms with Gasteiger partial charge >= 0.3 is 6.03 Å². The number of urea groups is 1. The van der Waals surface area contributed by atoms with E-state index in [2.05, 4.69) is 32.7 Å². The molecule has 0 bridgehead atoms. The lowest BCUT2D eigenvalue weighted by atomic mass is 9.99. The number of nitrogens with zero attached hydrogens (tertiary/aromatic N) is 3. The van der Waals surface area contributed by atoms with Gasteiger partial charge in [0, 0.05) is 30.0 Å². The van der Waals surface area contributed by atoms with Gasteiger partial charge in [-0.05, 0) is 74.2 Å². The summed E-state index contributed by atoms with van der Waals surface area (Å²) in [4.78, 5) is 14.6. The van der Waals surface area contributed by atoms with Gasteiger partial charge in [-0.3, -0.25) is 0 Å². The lowest BCUT2D eigenvalue weighted by molar-refractivity contribution is 0.262. The molecule has 32 heavy (non-hydrogen) atoms. The molecule has 4 rings (SSSR count). The fraction of sp³-hybridized carbons (Fsp3) is 0.320. The highest BCUT2D eigenvalue weighted by atomic mass is 16.5. The van der Waals surface area contributed by atoms with Gasteiger partial charge in [0.15, 0.2) is 5.82 Å². The highest BCUT2D eigenvalue weighted by Gasteiger charge is 2.17. The van der Waals surface area contributed by atoms with Gasteiger partial charge < -0.3 is 20.3 Å². The number of nitrogens with one attached hydrogen (secondary N) is 2. The van der Waals surface area contributed by atoms with Crippen LogP contribution in [0.1, 0.15) is 26.7 Å². The molecule has 0 saturated carbocycles. The minimum absolute atomic E-state index is 0.304. The summed E-state index contributed by atoms with van der Waals surface area (Å²) < 4.78 is 5.41. The molecule has 1 fully saturated rings. The van der Waals surface area contributed by atoms with Crippen LogP contribution < -0.4 is 20.3 Å². The Balaban J connectivity index is 1.33. The zero-order chi connectivity index (χ0) is 22.3. The number of benzene rings is 2. The first-order chi connectivity index (χ1) is 15.6. The predicted molar refractivity (Wildman–Crippen MR) is 128 cm³/mol. The van der Waals surface area contributed by atoms with Gasteiger partial charge in [-0.25, -0.2) is 4.79 Å². The molecule has 1 aliphatic heterocycles. The van der Waals surface area contributed by atoms with Crippen LogP contribution in [0.3, 0.4) is 0 Å². The third-order valence-corrected chi connectivity index (χ3v) is 5.62. The Hall–Kier alpha value is -3.61. The summed E-state index contributed by atoms with van der Waals surface area (Å²) in [5.41, 5.74) is 3.16. The van der Waals surface area contributed by atoms with Crippen molar-refractivity contribution in [1.29, 1.82) is 0 Å². The molecule has 2 N–H and O–H groups in total. The second-order valence-corrected chi connectivity index (χ2v) is 8.06. The Morgan fingerprint density at radius 3 is 2.12 bits per heavy atom. The van der Waals surface area contributed by atoms with E-state index >= 15 is 0 Å². The number of carbonyl (C=O) groups is 1. The van der Waals surface area contributed by atoms with E-state index in [1.165, 1.54) is 12.8 Å². The summed E-state index contributed by atoms with van der Waals surface area (Å²) in [5.74, 6) is 2.49. The fourth-order valence-electron chi connectivity index (χ4n) is 3.70. The molecule has 0 unspecified atom stereocenters. The van der Waals surface area contributed by atoms with E-state index in [9.17, 15) is 4.79 Å². The molecule has 7 nitrogen and oxygen atoms in total. The lowest BCUT2D eigenvalue weighted by Gasteiger charge is -2.30. The maximum absolute atomic E-state index is 12.3. The molecule has 3 aromatic rings. The van der Waals surface area contributed by atoms with E-state index in [4.69, 9.17) is 4.74 Å². The Morgan fingerprint density at radius 1 is 0.938 bits per heavy atom. The van der Waals surface area contributed by atoms with Crippen molar-refractivity contribution in [3.05, 3.63) is 60.7 Å². The van der Waals surface area contributed by atoms with Crippen molar-refractivity contribution in [2.24, 2.45) is 5.92 Å². The SMILES string of the molecule is CCOc1ccc(NC(=O)Nc2ccc(-c3ccc(N4CCC(C)CC4)nn3)cc2)cc1. The normalized spacial score (nSPS) is 14.1. The Kier molecular flexibility index (Phi) is 6.84. The number of aromatic nitrogens is 2.